The standard InChI is InChI=1S/C23H21N3O2/c1-14-10-15(2)22(16(3)11-14)25-13-17(12-24)23(28)26-20-8-4-7-19-18(20)6-5-9-21(19)27/h4-11,13,25,27H,1-3H3,(H,26,28)/b17-13-. The van der Waals surface area contributed by atoms with Crippen LogP contribution in [0.4, 0.5) is 11.4 Å². The van der Waals surface area contributed by atoms with Crippen molar-refractivity contribution < 1.29 is 9.90 Å². The SMILES string of the molecule is Cc1cc(C)c(N/C=C(/C#N)C(=O)Nc2cccc3c(O)cccc23)c(C)c1. The summed E-state index contributed by atoms with van der Waals surface area (Å²) >= 11 is 0. The number of aromatic hydroxyl groups is 1. The van der Waals surface area contributed by atoms with Gasteiger partial charge < -0.3 is 15.7 Å². The Kier molecular flexibility index (Phi) is 5.32. The van der Waals surface area contributed by atoms with E-state index in [9.17, 15) is 15.2 Å². The molecule has 5 heteroatoms. The van der Waals surface area contributed by atoms with Gasteiger partial charge in [-0.05, 0) is 44.0 Å². The van der Waals surface area contributed by atoms with Crippen LogP contribution in [0.5, 0.6) is 5.75 Å². The minimum absolute atomic E-state index is 0.0449. The Morgan fingerprint density at radius 3 is 2.36 bits per heavy atom. The van der Waals surface area contributed by atoms with Gasteiger partial charge in [-0.3, -0.25) is 4.79 Å². The Hall–Kier alpha value is -3.78. The van der Waals surface area contributed by atoms with E-state index in [1.807, 2.05) is 39.0 Å². The molecule has 0 fully saturated rings. The van der Waals surface area contributed by atoms with Crippen LogP contribution in [0, 0.1) is 32.1 Å². The van der Waals surface area contributed by atoms with Crippen molar-refractivity contribution in [2.75, 3.05) is 10.6 Å². The molecule has 3 aromatic rings. The van der Waals surface area contributed by atoms with Gasteiger partial charge in [-0.2, -0.15) is 5.26 Å². The topological polar surface area (TPSA) is 85.2 Å². The number of nitrogens with zero attached hydrogens (tertiary/aromatic N) is 1. The van der Waals surface area contributed by atoms with Crippen LogP contribution in [0.15, 0.2) is 60.3 Å². The molecule has 5 nitrogen and oxygen atoms in total. The molecule has 0 aromatic heterocycles. The number of nitriles is 1. The van der Waals surface area contributed by atoms with E-state index in [0.29, 0.717) is 16.5 Å². The largest absolute Gasteiger partial charge is 0.507 e. The molecule has 0 heterocycles. The van der Waals surface area contributed by atoms with E-state index in [0.717, 1.165) is 22.4 Å². The normalized spacial score (nSPS) is 11.1. The van der Waals surface area contributed by atoms with Gasteiger partial charge in [0.05, 0.1) is 0 Å². The highest BCUT2D eigenvalue weighted by Crippen LogP contribution is 2.30. The number of carbonyl (C=O) groups is 1. The van der Waals surface area contributed by atoms with Crippen LogP contribution >= 0.6 is 0 Å². The number of phenols is 1. The van der Waals surface area contributed by atoms with Gasteiger partial charge in [-0.15, -0.1) is 0 Å². The maximum absolute atomic E-state index is 12.6. The molecular weight excluding hydrogens is 350 g/mol. The van der Waals surface area contributed by atoms with Gasteiger partial charge in [0.15, 0.2) is 0 Å². The van der Waals surface area contributed by atoms with Crippen LogP contribution in [0.25, 0.3) is 10.8 Å². The summed E-state index contributed by atoms with van der Waals surface area (Å²) in [4.78, 5) is 12.6. The molecule has 1 amide bonds. The maximum atomic E-state index is 12.6. The number of fused-ring (bicyclic) bond motifs is 1. The number of phenolic OH excluding ortho intramolecular Hbond substituents is 1. The lowest BCUT2D eigenvalue weighted by Gasteiger charge is -2.12. The van der Waals surface area contributed by atoms with Crippen LogP contribution in [0.3, 0.4) is 0 Å². The Bertz CT molecular complexity index is 1120. The quantitative estimate of drug-likeness (QED) is 0.448. The summed E-state index contributed by atoms with van der Waals surface area (Å²) < 4.78 is 0. The summed E-state index contributed by atoms with van der Waals surface area (Å²) in [7, 11) is 0. The number of carbonyl (C=O) groups excluding carboxylic acids is 1. The number of amides is 1. The highest BCUT2D eigenvalue weighted by molar-refractivity contribution is 6.11. The Morgan fingerprint density at radius 2 is 1.68 bits per heavy atom. The van der Waals surface area contributed by atoms with Crippen molar-refractivity contribution in [3.8, 4) is 11.8 Å². The smallest absolute Gasteiger partial charge is 0.267 e. The van der Waals surface area contributed by atoms with Gasteiger partial charge >= 0.3 is 0 Å². The summed E-state index contributed by atoms with van der Waals surface area (Å²) in [6.45, 7) is 5.98. The first kappa shape index (κ1) is 19.0. The number of rotatable bonds is 4. The zero-order valence-electron chi connectivity index (χ0n) is 16.0. The second-order valence-electron chi connectivity index (χ2n) is 6.72. The fourth-order valence-corrected chi connectivity index (χ4v) is 3.29. The molecule has 3 N–H and O–H groups in total. The fourth-order valence-electron chi connectivity index (χ4n) is 3.29. The van der Waals surface area contributed by atoms with Crippen LogP contribution in [-0.4, -0.2) is 11.0 Å². The summed E-state index contributed by atoms with van der Waals surface area (Å²) in [5, 5.41) is 26.6. The molecule has 28 heavy (non-hydrogen) atoms. The van der Waals surface area contributed by atoms with E-state index in [4.69, 9.17) is 0 Å². The first-order chi connectivity index (χ1) is 13.4. The molecular formula is C23H21N3O2. The molecule has 0 radical (unpaired) electrons. The van der Waals surface area contributed by atoms with E-state index in [-0.39, 0.29) is 11.3 Å². The van der Waals surface area contributed by atoms with E-state index in [1.54, 1.807) is 36.4 Å². The number of aryl methyl sites for hydroxylation is 3. The molecule has 0 saturated heterocycles. The molecule has 0 atom stereocenters. The molecule has 0 aliphatic heterocycles. The third kappa shape index (κ3) is 3.81. The van der Waals surface area contributed by atoms with Crippen molar-refractivity contribution in [3.63, 3.8) is 0 Å². The maximum Gasteiger partial charge on any atom is 0.267 e. The zero-order chi connectivity index (χ0) is 20.3. The minimum Gasteiger partial charge on any atom is -0.507 e. The lowest BCUT2D eigenvalue weighted by molar-refractivity contribution is -0.112. The van der Waals surface area contributed by atoms with Gasteiger partial charge in [0.2, 0.25) is 0 Å². The predicted molar refractivity (Wildman–Crippen MR) is 112 cm³/mol. The third-order valence-electron chi connectivity index (χ3n) is 4.55. The van der Waals surface area contributed by atoms with Crippen LogP contribution in [0.2, 0.25) is 0 Å². The molecule has 140 valence electrons. The Balaban J connectivity index is 1.87. The van der Waals surface area contributed by atoms with E-state index >= 15 is 0 Å². The van der Waals surface area contributed by atoms with Crippen molar-refractivity contribution in [3.05, 3.63) is 77.0 Å². The van der Waals surface area contributed by atoms with Gasteiger partial charge in [-0.25, -0.2) is 0 Å². The fraction of sp³-hybridized carbons (Fsp3) is 0.130. The van der Waals surface area contributed by atoms with Crippen LogP contribution in [0.1, 0.15) is 16.7 Å². The molecule has 3 rings (SSSR count). The van der Waals surface area contributed by atoms with Crippen molar-refractivity contribution in [2.24, 2.45) is 0 Å². The molecule has 0 saturated carbocycles. The van der Waals surface area contributed by atoms with Gasteiger partial charge in [0, 0.05) is 28.3 Å². The van der Waals surface area contributed by atoms with E-state index in [2.05, 4.69) is 10.6 Å². The first-order valence-electron chi connectivity index (χ1n) is 8.87. The number of anilines is 2. The highest BCUT2D eigenvalue weighted by atomic mass is 16.3. The molecule has 0 aliphatic rings. The summed E-state index contributed by atoms with van der Waals surface area (Å²) in [6, 6.07) is 16.4. The van der Waals surface area contributed by atoms with Crippen molar-refractivity contribution in [2.45, 2.75) is 20.8 Å². The zero-order valence-corrected chi connectivity index (χ0v) is 16.0. The first-order valence-corrected chi connectivity index (χ1v) is 8.87. The van der Waals surface area contributed by atoms with Crippen LogP contribution < -0.4 is 10.6 Å². The number of benzene rings is 3. The highest BCUT2D eigenvalue weighted by Gasteiger charge is 2.12. The Morgan fingerprint density at radius 1 is 1.04 bits per heavy atom. The lowest BCUT2D eigenvalue weighted by Crippen LogP contribution is -2.15. The van der Waals surface area contributed by atoms with Crippen LogP contribution in [-0.2, 0) is 4.79 Å². The third-order valence-corrected chi connectivity index (χ3v) is 4.55. The van der Waals surface area contributed by atoms with Crippen molar-refractivity contribution >= 4 is 28.1 Å². The molecule has 3 aromatic carbocycles. The monoisotopic (exact) mass is 371 g/mol. The van der Waals surface area contributed by atoms with Crippen molar-refractivity contribution in [1.29, 1.82) is 5.26 Å². The Labute approximate surface area is 163 Å². The minimum atomic E-state index is -0.520. The molecule has 0 bridgehead atoms. The van der Waals surface area contributed by atoms with E-state index in [1.165, 1.54) is 6.20 Å². The molecule has 0 spiro atoms. The van der Waals surface area contributed by atoms with E-state index < -0.39 is 5.91 Å². The lowest BCUT2D eigenvalue weighted by atomic mass is 10.1. The van der Waals surface area contributed by atoms with Gasteiger partial charge in [0.1, 0.15) is 17.4 Å². The molecule has 0 aliphatic carbocycles. The average molecular weight is 371 g/mol. The second-order valence-corrected chi connectivity index (χ2v) is 6.72. The molecule has 0 unspecified atom stereocenters. The average Bonchev–Trinajstić information content (AvgIpc) is 2.64. The summed E-state index contributed by atoms with van der Waals surface area (Å²) in [5.74, 6) is -0.384. The van der Waals surface area contributed by atoms with Gasteiger partial charge in [-0.1, -0.05) is 42.0 Å². The van der Waals surface area contributed by atoms with Crippen molar-refractivity contribution in [1.82, 2.24) is 0 Å². The summed E-state index contributed by atoms with van der Waals surface area (Å²) in [6.07, 6.45) is 1.42. The second kappa shape index (κ2) is 7.85. The van der Waals surface area contributed by atoms with Gasteiger partial charge in [0.25, 0.3) is 5.91 Å². The summed E-state index contributed by atoms with van der Waals surface area (Å²) in [5.41, 5.74) is 4.59. The predicted octanol–water partition coefficient (Wildman–Crippen LogP) is 4.93. The number of nitrogens with one attached hydrogen (secondary N) is 2. The number of hydrogen-bond acceptors (Lipinski definition) is 4. The number of hydrogen-bond donors (Lipinski definition) is 3.